The first-order valence-electron chi connectivity index (χ1n) is 5.88. The van der Waals surface area contributed by atoms with E-state index in [1.807, 2.05) is 12.1 Å². The first kappa shape index (κ1) is 11.7. The Morgan fingerprint density at radius 2 is 2.25 bits per heavy atom. The van der Waals surface area contributed by atoms with E-state index in [2.05, 4.69) is 10.3 Å². The van der Waals surface area contributed by atoms with E-state index < -0.39 is 0 Å². The number of hydrogen-bond acceptors (Lipinski definition) is 3. The molecule has 0 aromatic carbocycles. The van der Waals surface area contributed by atoms with Crippen LogP contribution in [0.2, 0.25) is 5.02 Å². The van der Waals surface area contributed by atoms with Crippen LogP contribution in [0.15, 0.2) is 18.3 Å². The Labute approximate surface area is 101 Å². The normalized spacial score (nSPS) is 18.6. The van der Waals surface area contributed by atoms with E-state index in [0.29, 0.717) is 23.5 Å². The molecule has 1 aliphatic carbocycles. The summed E-state index contributed by atoms with van der Waals surface area (Å²) in [5.41, 5.74) is 5.82. The average Bonchev–Trinajstić information content (AvgIpc) is 2.81. The zero-order valence-corrected chi connectivity index (χ0v) is 10.1. The molecule has 1 aromatic rings. The third-order valence-electron chi connectivity index (χ3n) is 3.30. The molecule has 0 aliphatic heterocycles. The van der Waals surface area contributed by atoms with Crippen molar-refractivity contribution in [3.63, 3.8) is 0 Å². The molecule has 1 aromatic heterocycles. The monoisotopic (exact) mass is 239 g/mol. The van der Waals surface area contributed by atoms with Crippen molar-refractivity contribution >= 4 is 17.4 Å². The molecule has 16 heavy (non-hydrogen) atoms. The van der Waals surface area contributed by atoms with Gasteiger partial charge in [-0.3, -0.25) is 0 Å². The zero-order valence-electron chi connectivity index (χ0n) is 9.32. The molecule has 1 saturated carbocycles. The van der Waals surface area contributed by atoms with Gasteiger partial charge in [0.1, 0.15) is 5.82 Å². The van der Waals surface area contributed by atoms with Crippen molar-refractivity contribution in [3.05, 3.63) is 23.4 Å². The Kier molecular flexibility index (Phi) is 4.02. The number of pyridine rings is 1. The Hall–Kier alpha value is -0.800. The van der Waals surface area contributed by atoms with Gasteiger partial charge in [0.2, 0.25) is 0 Å². The molecule has 1 atom stereocenters. The van der Waals surface area contributed by atoms with E-state index in [1.165, 1.54) is 25.7 Å². The Bertz CT molecular complexity index is 337. The van der Waals surface area contributed by atoms with Crippen LogP contribution in [0.4, 0.5) is 5.82 Å². The number of halogens is 1. The van der Waals surface area contributed by atoms with Gasteiger partial charge in [0.05, 0.1) is 5.02 Å². The summed E-state index contributed by atoms with van der Waals surface area (Å²) in [5.74, 6) is 1.43. The van der Waals surface area contributed by atoms with Crippen LogP contribution in [0.1, 0.15) is 25.7 Å². The van der Waals surface area contributed by atoms with Gasteiger partial charge in [-0.05, 0) is 30.9 Å². The van der Waals surface area contributed by atoms with Crippen LogP contribution in [-0.2, 0) is 0 Å². The van der Waals surface area contributed by atoms with Crippen molar-refractivity contribution in [3.8, 4) is 0 Å². The van der Waals surface area contributed by atoms with Crippen LogP contribution in [0.25, 0.3) is 0 Å². The van der Waals surface area contributed by atoms with E-state index in [1.54, 1.807) is 6.20 Å². The molecule has 0 spiro atoms. The van der Waals surface area contributed by atoms with Gasteiger partial charge in [0.15, 0.2) is 0 Å². The van der Waals surface area contributed by atoms with Gasteiger partial charge in [0.25, 0.3) is 0 Å². The van der Waals surface area contributed by atoms with E-state index in [4.69, 9.17) is 17.3 Å². The minimum atomic E-state index is 0.301. The number of nitrogens with one attached hydrogen (secondary N) is 1. The van der Waals surface area contributed by atoms with Crippen molar-refractivity contribution in [1.29, 1.82) is 0 Å². The molecule has 88 valence electrons. The SMILES string of the molecule is NCC(Nc1ncccc1Cl)C1CCCC1. The molecule has 3 nitrogen and oxygen atoms in total. The summed E-state index contributed by atoms with van der Waals surface area (Å²) >= 11 is 6.07. The highest BCUT2D eigenvalue weighted by molar-refractivity contribution is 6.32. The fourth-order valence-electron chi connectivity index (χ4n) is 2.40. The molecular weight excluding hydrogens is 222 g/mol. The Balaban J connectivity index is 2.03. The molecule has 0 bridgehead atoms. The summed E-state index contributed by atoms with van der Waals surface area (Å²) in [6.07, 6.45) is 6.91. The predicted molar refractivity (Wildman–Crippen MR) is 67.7 cm³/mol. The maximum absolute atomic E-state index is 6.07. The highest BCUT2D eigenvalue weighted by Gasteiger charge is 2.24. The molecular formula is C12H18ClN3. The van der Waals surface area contributed by atoms with Gasteiger partial charge in [-0.25, -0.2) is 4.98 Å². The van der Waals surface area contributed by atoms with E-state index in [-0.39, 0.29) is 0 Å². The lowest BCUT2D eigenvalue weighted by molar-refractivity contribution is 0.461. The minimum Gasteiger partial charge on any atom is -0.365 e. The number of anilines is 1. The van der Waals surface area contributed by atoms with Gasteiger partial charge in [-0.15, -0.1) is 0 Å². The second kappa shape index (κ2) is 5.51. The molecule has 0 amide bonds. The van der Waals surface area contributed by atoms with Gasteiger partial charge in [-0.1, -0.05) is 24.4 Å². The number of nitrogens with zero attached hydrogens (tertiary/aromatic N) is 1. The average molecular weight is 240 g/mol. The molecule has 1 fully saturated rings. The number of hydrogen-bond donors (Lipinski definition) is 2. The standard InChI is InChI=1S/C12H18ClN3/c13-10-6-3-7-15-12(10)16-11(8-14)9-4-1-2-5-9/h3,6-7,9,11H,1-2,4-5,8,14H2,(H,15,16). The van der Waals surface area contributed by atoms with Gasteiger partial charge >= 0.3 is 0 Å². The first-order valence-corrected chi connectivity index (χ1v) is 6.26. The summed E-state index contributed by atoms with van der Waals surface area (Å²) in [7, 11) is 0. The highest BCUT2D eigenvalue weighted by atomic mass is 35.5. The highest BCUT2D eigenvalue weighted by Crippen LogP contribution is 2.29. The Morgan fingerprint density at radius 1 is 1.50 bits per heavy atom. The first-order chi connectivity index (χ1) is 7.81. The zero-order chi connectivity index (χ0) is 11.4. The van der Waals surface area contributed by atoms with Crippen LogP contribution >= 0.6 is 11.6 Å². The fourth-order valence-corrected chi connectivity index (χ4v) is 2.57. The molecule has 0 saturated heterocycles. The fraction of sp³-hybridized carbons (Fsp3) is 0.583. The molecule has 1 heterocycles. The smallest absolute Gasteiger partial charge is 0.145 e. The Morgan fingerprint density at radius 3 is 2.88 bits per heavy atom. The summed E-state index contributed by atoms with van der Waals surface area (Å²) in [4.78, 5) is 4.24. The van der Waals surface area contributed by atoms with Gasteiger partial charge in [0, 0.05) is 18.8 Å². The van der Waals surface area contributed by atoms with Crippen LogP contribution < -0.4 is 11.1 Å². The van der Waals surface area contributed by atoms with Crippen LogP contribution in [0.5, 0.6) is 0 Å². The third kappa shape index (κ3) is 2.66. The van der Waals surface area contributed by atoms with Crippen molar-refractivity contribution in [2.45, 2.75) is 31.7 Å². The van der Waals surface area contributed by atoms with E-state index in [9.17, 15) is 0 Å². The van der Waals surface area contributed by atoms with Crippen molar-refractivity contribution in [1.82, 2.24) is 4.98 Å². The van der Waals surface area contributed by atoms with E-state index >= 15 is 0 Å². The van der Waals surface area contributed by atoms with Crippen molar-refractivity contribution < 1.29 is 0 Å². The quantitative estimate of drug-likeness (QED) is 0.850. The summed E-state index contributed by atoms with van der Waals surface area (Å²) < 4.78 is 0. The maximum Gasteiger partial charge on any atom is 0.145 e. The van der Waals surface area contributed by atoms with Gasteiger partial charge in [-0.2, -0.15) is 0 Å². The lowest BCUT2D eigenvalue weighted by atomic mass is 9.98. The van der Waals surface area contributed by atoms with Crippen LogP contribution in [0, 0.1) is 5.92 Å². The summed E-state index contributed by atoms with van der Waals surface area (Å²) in [6.45, 7) is 0.636. The molecule has 0 radical (unpaired) electrons. The summed E-state index contributed by atoms with van der Waals surface area (Å²) in [5, 5.41) is 4.04. The van der Waals surface area contributed by atoms with Crippen LogP contribution in [0.3, 0.4) is 0 Å². The topological polar surface area (TPSA) is 50.9 Å². The minimum absolute atomic E-state index is 0.301. The second-order valence-corrected chi connectivity index (χ2v) is 4.77. The molecule has 2 rings (SSSR count). The molecule has 1 aliphatic rings. The third-order valence-corrected chi connectivity index (χ3v) is 3.61. The lowest BCUT2D eigenvalue weighted by Crippen LogP contribution is -2.35. The number of aromatic nitrogens is 1. The molecule has 1 unspecified atom stereocenters. The van der Waals surface area contributed by atoms with Crippen LogP contribution in [-0.4, -0.2) is 17.6 Å². The summed E-state index contributed by atoms with van der Waals surface area (Å²) in [6, 6.07) is 3.98. The van der Waals surface area contributed by atoms with E-state index in [0.717, 1.165) is 5.82 Å². The molecule has 3 N–H and O–H groups in total. The maximum atomic E-state index is 6.07. The van der Waals surface area contributed by atoms with Crippen molar-refractivity contribution in [2.75, 3.05) is 11.9 Å². The predicted octanol–water partition coefficient (Wildman–Crippen LogP) is 2.66. The molecule has 4 heteroatoms. The second-order valence-electron chi connectivity index (χ2n) is 4.36. The number of rotatable bonds is 4. The van der Waals surface area contributed by atoms with Gasteiger partial charge < -0.3 is 11.1 Å². The number of nitrogens with two attached hydrogens (primary N) is 1. The lowest BCUT2D eigenvalue weighted by Gasteiger charge is -2.24. The van der Waals surface area contributed by atoms with Crippen molar-refractivity contribution in [2.24, 2.45) is 11.7 Å². The largest absolute Gasteiger partial charge is 0.365 e.